The van der Waals surface area contributed by atoms with Crippen LogP contribution in [0.4, 0.5) is 0 Å². The lowest BCUT2D eigenvalue weighted by atomic mass is 9.89. The van der Waals surface area contributed by atoms with E-state index in [1.165, 1.54) is 64.2 Å². The second-order valence-electron chi connectivity index (χ2n) is 24.1. The third kappa shape index (κ3) is 25.8. The zero-order valence-corrected chi connectivity index (χ0v) is 48.8. The summed E-state index contributed by atoms with van der Waals surface area (Å²) in [6.45, 7) is 9.75. The molecule has 0 saturated carbocycles. The molecule has 20 heteroatoms. The van der Waals surface area contributed by atoms with Crippen molar-refractivity contribution in [3.8, 4) is 0 Å². The van der Waals surface area contributed by atoms with Gasteiger partial charge in [-0.05, 0) is 49.4 Å². The van der Waals surface area contributed by atoms with Gasteiger partial charge in [0.1, 0.15) is 91.6 Å². The van der Waals surface area contributed by atoms with Gasteiger partial charge >= 0.3 is 0 Å². The first-order valence-corrected chi connectivity index (χ1v) is 31.0. The zero-order chi connectivity index (χ0) is 57.5. The van der Waals surface area contributed by atoms with Gasteiger partial charge in [-0.3, -0.25) is 0 Å². The van der Waals surface area contributed by atoms with Crippen LogP contribution in [0.2, 0.25) is 0 Å². The largest absolute Gasteiger partial charge is 0.394 e. The average molecular weight is 1140 g/mol. The molecule has 4 aliphatic rings. The van der Waals surface area contributed by atoms with Crippen LogP contribution in [-0.4, -0.2) is 226 Å². The van der Waals surface area contributed by atoms with E-state index < -0.39 is 124 Å². The number of aliphatic hydroxyl groups is 11. The summed E-state index contributed by atoms with van der Waals surface area (Å²) in [5.74, 6) is 2.08. The summed E-state index contributed by atoms with van der Waals surface area (Å²) in [6.07, 6.45) is 4.22. The summed E-state index contributed by atoms with van der Waals surface area (Å²) in [5.41, 5.74) is 0. The molecule has 2 unspecified atom stereocenters. The van der Waals surface area contributed by atoms with Gasteiger partial charge in [-0.15, -0.1) is 0 Å². The van der Waals surface area contributed by atoms with Crippen LogP contribution in [0.15, 0.2) is 0 Å². The molecule has 0 amide bonds. The Bertz CT molecular complexity index is 1490. The maximum atomic E-state index is 11.5. The first-order chi connectivity index (χ1) is 38.1. The Morgan fingerprint density at radius 1 is 0.430 bits per heavy atom. The number of rotatable bonds is 10. The molecule has 4 rings (SSSR count). The minimum Gasteiger partial charge on any atom is -0.394 e. The molecule has 0 aromatic carbocycles. The molecule has 0 aromatic heterocycles. The molecule has 4 saturated heterocycles. The van der Waals surface area contributed by atoms with E-state index in [0.717, 1.165) is 89.9 Å². The Morgan fingerprint density at radius 2 is 0.911 bits per heavy atom. The summed E-state index contributed by atoms with van der Waals surface area (Å²) in [5, 5.41) is 115. The molecule has 0 spiro atoms. The van der Waals surface area contributed by atoms with Crippen LogP contribution in [0, 0.1) is 23.7 Å². The first kappa shape index (κ1) is 70.7. The zero-order valence-electron chi connectivity index (χ0n) is 48.8. The Hall–Kier alpha value is -0.800. The maximum absolute atomic E-state index is 11.5. The van der Waals surface area contributed by atoms with Crippen LogP contribution < -0.4 is 0 Å². The third-order valence-electron chi connectivity index (χ3n) is 16.9. The molecule has 20 nitrogen and oxygen atoms in total. The third-order valence-corrected chi connectivity index (χ3v) is 16.9. The molecule has 468 valence electrons. The molecule has 0 radical (unpaired) electrons. The van der Waals surface area contributed by atoms with Crippen LogP contribution in [0.3, 0.4) is 0 Å². The van der Waals surface area contributed by atoms with Crippen LogP contribution in [-0.2, 0) is 42.6 Å². The van der Waals surface area contributed by atoms with E-state index in [2.05, 4.69) is 27.7 Å². The predicted molar refractivity (Wildman–Crippen MR) is 295 cm³/mol. The van der Waals surface area contributed by atoms with E-state index in [0.29, 0.717) is 56.7 Å². The lowest BCUT2D eigenvalue weighted by Crippen LogP contribution is -2.66. The number of aliphatic hydroxyl groups excluding tert-OH is 11. The molecule has 79 heavy (non-hydrogen) atoms. The number of hydrogen-bond donors (Lipinski definition) is 11. The minimum atomic E-state index is -1.75. The maximum Gasteiger partial charge on any atom is 0.187 e. The van der Waals surface area contributed by atoms with E-state index in [-0.39, 0.29) is 13.2 Å². The highest BCUT2D eigenvalue weighted by molar-refractivity contribution is 4.98. The van der Waals surface area contributed by atoms with Crippen molar-refractivity contribution in [2.75, 3.05) is 66.1 Å². The summed E-state index contributed by atoms with van der Waals surface area (Å²) in [4.78, 5) is 0. The fourth-order valence-electron chi connectivity index (χ4n) is 11.3. The smallest absolute Gasteiger partial charge is 0.187 e. The standard InChI is InChI=1S/C59H112O20/c1-39-21-19-23-41(3)27-31-73-43(37-75-58-54(70)52(68)55(78-58)44(63)33-60)36-71-29-17-15-13-11-9-7-5-6-8-10-12-14-16-18-30-72-38-47(74-32-28-42(4)24-20-22-40(2)26-25-39)57-51(67)50(66)56(46(35-62)76-57)79-59-53(69)49(65)48(64)45(34-61)77-59/h39-70H,5-38H2,1-4H3/t39?,40?,41-,42-,43+,44-,45-,46-,47+,48+,49+,50-,51-,52-,53-,54-,55+,56-,57+,58-,59+/m1/s1. The first-order valence-electron chi connectivity index (χ1n) is 31.0. The molecule has 0 bridgehead atoms. The van der Waals surface area contributed by atoms with Crippen molar-refractivity contribution in [2.45, 2.75) is 286 Å². The molecule has 0 aromatic rings. The Balaban J connectivity index is 1.26. The van der Waals surface area contributed by atoms with Gasteiger partial charge < -0.3 is 98.8 Å². The van der Waals surface area contributed by atoms with E-state index in [9.17, 15) is 56.2 Å². The van der Waals surface area contributed by atoms with Gasteiger partial charge in [0, 0.05) is 26.4 Å². The Morgan fingerprint density at radius 3 is 1.43 bits per heavy atom. The fraction of sp³-hybridized carbons (Fsp3) is 1.00. The molecular formula is C59H112O20. The van der Waals surface area contributed by atoms with E-state index in [1.807, 2.05) is 0 Å². The number of hydrogen-bond acceptors (Lipinski definition) is 20. The summed E-state index contributed by atoms with van der Waals surface area (Å²) in [7, 11) is 0. The highest BCUT2D eigenvalue weighted by Gasteiger charge is 2.52. The normalized spacial score (nSPS) is 40.7. The molecule has 21 atom stereocenters. The predicted octanol–water partition coefficient (Wildman–Crippen LogP) is 4.19. The minimum absolute atomic E-state index is 0.0813. The Kier molecular flexibility index (Phi) is 36.2. The topological polar surface area (TPSA) is 306 Å². The molecule has 4 fully saturated rings. The van der Waals surface area contributed by atoms with Gasteiger partial charge in [-0.1, -0.05) is 156 Å². The summed E-state index contributed by atoms with van der Waals surface area (Å²) < 4.78 is 53.9. The second-order valence-corrected chi connectivity index (χ2v) is 24.1. The fourth-order valence-corrected chi connectivity index (χ4v) is 11.3. The van der Waals surface area contributed by atoms with Gasteiger partial charge in [0.15, 0.2) is 12.6 Å². The molecule has 0 aliphatic carbocycles. The van der Waals surface area contributed by atoms with Crippen molar-refractivity contribution in [1.82, 2.24) is 0 Å². The SMILES string of the molecule is CC1CCC[C@@H](C)CCO[C@H](CO[C@@H]2O[C@@H]([C@H](O)CO)[C@H](O)[C@H]2O)COCCCCCCCCCCCCCCCCOC[C@@H]([C@@H]2O[C@H](CO)[C@@H](O[C@@H]3O[C@H](CO)[C@H](O)[C@H](O)[C@H]3O)[C@H](O)[C@H]2O)OCC[C@H](C)CCCC(C)CC1. The van der Waals surface area contributed by atoms with Gasteiger partial charge in [0.05, 0.1) is 39.6 Å². The van der Waals surface area contributed by atoms with Gasteiger partial charge in [0.2, 0.25) is 0 Å². The van der Waals surface area contributed by atoms with Crippen molar-refractivity contribution in [3.05, 3.63) is 0 Å². The molecular weight excluding hydrogens is 1030 g/mol. The van der Waals surface area contributed by atoms with Crippen molar-refractivity contribution in [2.24, 2.45) is 23.7 Å². The molecule has 11 N–H and O–H groups in total. The second kappa shape index (κ2) is 40.5. The Labute approximate surface area is 473 Å². The van der Waals surface area contributed by atoms with E-state index >= 15 is 0 Å². The van der Waals surface area contributed by atoms with Crippen molar-refractivity contribution in [3.63, 3.8) is 0 Å². The summed E-state index contributed by atoms with van der Waals surface area (Å²) >= 11 is 0. The lowest BCUT2D eigenvalue weighted by molar-refractivity contribution is -0.346. The van der Waals surface area contributed by atoms with E-state index in [4.69, 9.17) is 42.6 Å². The van der Waals surface area contributed by atoms with Crippen LogP contribution in [0.5, 0.6) is 0 Å². The highest BCUT2D eigenvalue weighted by atomic mass is 16.7. The average Bonchev–Trinajstić information content (AvgIpc) is 3.75. The molecule has 4 heterocycles. The number of ether oxygens (including phenoxy) is 9. The van der Waals surface area contributed by atoms with E-state index in [1.54, 1.807) is 0 Å². The summed E-state index contributed by atoms with van der Waals surface area (Å²) in [6, 6.07) is 0. The van der Waals surface area contributed by atoms with Crippen molar-refractivity contribution in [1.29, 1.82) is 0 Å². The molecule has 4 aliphatic heterocycles. The monoisotopic (exact) mass is 1140 g/mol. The van der Waals surface area contributed by atoms with Gasteiger partial charge in [-0.25, -0.2) is 0 Å². The lowest BCUT2D eigenvalue weighted by Gasteiger charge is -2.47. The van der Waals surface area contributed by atoms with Crippen LogP contribution in [0.1, 0.15) is 182 Å². The van der Waals surface area contributed by atoms with Crippen molar-refractivity contribution < 1.29 is 98.8 Å². The van der Waals surface area contributed by atoms with Crippen LogP contribution >= 0.6 is 0 Å². The quantitative estimate of drug-likeness (QED) is 0.146. The van der Waals surface area contributed by atoms with Crippen molar-refractivity contribution >= 4 is 0 Å². The highest BCUT2D eigenvalue weighted by Crippen LogP contribution is 2.32. The van der Waals surface area contributed by atoms with Crippen LogP contribution in [0.25, 0.3) is 0 Å². The van der Waals surface area contributed by atoms with Gasteiger partial charge in [-0.2, -0.15) is 0 Å². The van der Waals surface area contributed by atoms with Gasteiger partial charge in [0.25, 0.3) is 0 Å².